The second-order valence-electron chi connectivity index (χ2n) is 20.6. The summed E-state index contributed by atoms with van der Waals surface area (Å²) in [5, 5.41) is 0. The molecule has 428 valence electrons. The third-order valence-corrected chi connectivity index (χ3v) is 13.3. The molecule has 0 fully saturated rings. The van der Waals surface area contributed by atoms with E-state index >= 15 is 0 Å². The predicted octanol–water partition coefficient (Wildman–Crippen LogP) is 21.4. The van der Waals surface area contributed by atoms with E-state index in [1.54, 1.807) is 0 Å². The molecule has 1 unspecified atom stereocenters. The van der Waals surface area contributed by atoms with Crippen molar-refractivity contribution in [3.8, 4) is 0 Å². The van der Waals surface area contributed by atoms with Crippen LogP contribution in [0.1, 0.15) is 290 Å². The van der Waals surface area contributed by atoms with Gasteiger partial charge in [0.25, 0.3) is 0 Å². The van der Waals surface area contributed by atoms with Gasteiger partial charge in [0.05, 0.1) is 0 Å². The van der Waals surface area contributed by atoms with Crippen LogP contribution in [0, 0.1) is 0 Å². The molecule has 0 saturated heterocycles. The van der Waals surface area contributed by atoms with Gasteiger partial charge in [-0.05, 0) is 83.5 Å². The Morgan fingerprint density at radius 2 is 0.520 bits per heavy atom. The van der Waals surface area contributed by atoms with Crippen LogP contribution < -0.4 is 0 Å². The fraction of sp³-hybridized carbons (Fsp3) is 0.696. The summed E-state index contributed by atoms with van der Waals surface area (Å²) < 4.78 is 16.7. The van der Waals surface area contributed by atoms with Crippen LogP contribution in [0.3, 0.4) is 0 Å². The Morgan fingerprint density at radius 1 is 0.280 bits per heavy atom. The van der Waals surface area contributed by atoms with Crippen LogP contribution in [0.25, 0.3) is 0 Å². The highest BCUT2D eigenvalue weighted by Crippen LogP contribution is 2.16. The van der Waals surface area contributed by atoms with E-state index < -0.39 is 6.10 Å². The fourth-order valence-electron chi connectivity index (χ4n) is 8.62. The van der Waals surface area contributed by atoms with Crippen LogP contribution in [0.15, 0.2) is 109 Å². The molecule has 0 rings (SSSR count). The number of carbonyl (C=O) groups is 3. The van der Waals surface area contributed by atoms with Crippen molar-refractivity contribution in [3.63, 3.8) is 0 Å². The van der Waals surface area contributed by atoms with Gasteiger partial charge >= 0.3 is 17.9 Å². The highest BCUT2D eigenvalue weighted by atomic mass is 16.6. The number of unbranched alkanes of at least 4 members (excludes halogenated alkanes) is 27. The van der Waals surface area contributed by atoms with Gasteiger partial charge in [-0.2, -0.15) is 0 Å². The van der Waals surface area contributed by atoms with Crippen LogP contribution in [-0.2, 0) is 28.6 Å². The molecule has 6 nitrogen and oxygen atoms in total. The monoisotopic (exact) mass is 1040 g/mol. The summed E-state index contributed by atoms with van der Waals surface area (Å²) in [7, 11) is 0. The van der Waals surface area contributed by atoms with Gasteiger partial charge in [-0.1, -0.05) is 297 Å². The molecule has 75 heavy (non-hydrogen) atoms. The fourth-order valence-corrected chi connectivity index (χ4v) is 8.62. The lowest BCUT2D eigenvalue weighted by Gasteiger charge is -2.18. The number of rotatable bonds is 56. The molecule has 0 aliphatic heterocycles. The third-order valence-electron chi connectivity index (χ3n) is 13.3. The van der Waals surface area contributed by atoms with Crippen molar-refractivity contribution in [2.24, 2.45) is 0 Å². The minimum absolute atomic E-state index is 0.0947. The second kappa shape index (κ2) is 62.6. The molecular formula is C69H116O6. The topological polar surface area (TPSA) is 78.9 Å². The zero-order valence-electron chi connectivity index (χ0n) is 49.0. The van der Waals surface area contributed by atoms with Crippen LogP contribution in [0.5, 0.6) is 0 Å². The first-order valence-electron chi connectivity index (χ1n) is 31.4. The molecule has 0 amide bonds. The molecule has 0 heterocycles. The maximum Gasteiger partial charge on any atom is 0.306 e. The van der Waals surface area contributed by atoms with Crippen molar-refractivity contribution >= 4 is 17.9 Å². The molecule has 0 N–H and O–H groups in total. The van der Waals surface area contributed by atoms with Crippen LogP contribution in [-0.4, -0.2) is 37.2 Å². The summed E-state index contributed by atoms with van der Waals surface area (Å²) in [6.45, 7) is 6.44. The SMILES string of the molecule is CC/C=C\C/C=C\C/C=C\C/C=C\C/C=C\C/C=C\C/C=C\C/C=C\C/C=C\CCCC(=O)OCC(COC(=O)CCCCCCCC)OC(=O)CCCCCCCCCCCCCCCCCCCCCCCC. The highest BCUT2D eigenvalue weighted by molar-refractivity contribution is 5.71. The Balaban J connectivity index is 4.22. The second-order valence-corrected chi connectivity index (χ2v) is 20.6. The average molecular weight is 1040 g/mol. The lowest BCUT2D eigenvalue weighted by atomic mass is 10.0. The first-order chi connectivity index (χ1) is 37.0. The number of esters is 3. The summed E-state index contributed by atoms with van der Waals surface area (Å²) in [4.78, 5) is 38.0. The summed E-state index contributed by atoms with van der Waals surface area (Å²) in [5.74, 6) is -0.960. The van der Waals surface area contributed by atoms with Gasteiger partial charge in [0.2, 0.25) is 0 Å². The number of hydrogen-bond acceptors (Lipinski definition) is 6. The molecule has 0 aliphatic carbocycles. The van der Waals surface area contributed by atoms with Gasteiger partial charge < -0.3 is 14.2 Å². The van der Waals surface area contributed by atoms with Gasteiger partial charge in [0, 0.05) is 19.3 Å². The Hall–Kier alpha value is -3.93. The lowest BCUT2D eigenvalue weighted by Crippen LogP contribution is -2.30. The van der Waals surface area contributed by atoms with E-state index in [9.17, 15) is 14.4 Å². The summed E-state index contributed by atoms with van der Waals surface area (Å²) in [6, 6.07) is 0. The number of carbonyl (C=O) groups excluding carboxylic acids is 3. The highest BCUT2D eigenvalue weighted by Gasteiger charge is 2.19. The summed E-state index contributed by atoms with van der Waals surface area (Å²) >= 11 is 0. The predicted molar refractivity (Wildman–Crippen MR) is 325 cm³/mol. The quantitative estimate of drug-likeness (QED) is 0.0261. The Labute approximate surface area is 463 Å². The first-order valence-corrected chi connectivity index (χ1v) is 31.4. The zero-order valence-corrected chi connectivity index (χ0v) is 49.0. The minimum atomic E-state index is -0.798. The lowest BCUT2D eigenvalue weighted by molar-refractivity contribution is -0.167. The maximum absolute atomic E-state index is 12.8. The van der Waals surface area contributed by atoms with Crippen molar-refractivity contribution in [2.75, 3.05) is 13.2 Å². The first kappa shape index (κ1) is 71.1. The van der Waals surface area contributed by atoms with Crippen molar-refractivity contribution in [3.05, 3.63) is 109 Å². The van der Waals surface area contributed by atoms with Crippen LogP contribution in [0.4, 0.5) is 0 Å². The largest absolute Gasteiger partial charge is 0.462 e. The van der Waals surface area contributed by atoms with E-state index in [4.69, 9.17) is 14.2 Å². The summed E-state index contributed by atoms with van der Waals surface area (Å²) in [6.07, 6.45) is 85.7. The normalized spacial score (nSPS) is 12.8. The molecule has 0 radical (unpaired) electrons. The molecular weight excluding hydrogens is 925 g/mol. The van der Waals surface area contributed by atoms with E-state index in [0.29, 0.717) is 19.3 Å². The minimum Gasteiger partial charge on any atom is -0.462 e. The van der Waals surface area contributed by atoms with E-state index in [-0.39, 0.29) is 37.5 Å². The van der Waals surface area contributed by atoms with Crippen molar-refractivity contribution in [1.29, 1.82) is 0 Å². The smallest absolute Gasteiger partial charge is 0.306 e. The Kier molecular flexibility index (Phi) is 59.3. The maximum atomic E-state index is 12.8. The number of hydrogen-bond donors (Lipinski definition) is 0. The Morgan fingerprint density at radius 3 is 0.813 bits per heavy atom. The van der Waals surface area contributed by atoms with Crippen LogP contribution >= 0.6 is 0 Å². The molecule has 6 heteroatoms. The number of ether oxygens (including phenoxy) is 3. The molecule has 1 atom stereocenters. The molecule has 0 aromatic rings. The standard InChI is InChI=1S/C69H116O6/c1-4-7-10-13-16-18-20-22-24-26-28-30-32-33-34-35-36-37-38-40-41-43-45-47-49-51-53-56-59-62-68(71)74-65-66(64-73-67(70)61-58-55-15-12-9-6-3)75-69(72)63-60-57-54-52-50-48-46-44-42-39-31-29-27-25-23-21-19-17-14-11-8-5-2/h7,10,16,18,22,24,28,30,33-34,36-37,40-41,45,47,51,53,66H,4-6,8-9,11-15,17,19-21,23,25-27,29,31-32,35,38-39,42-44,46,48-50,52,54-65H2,1-3H3/b10-7-,18-16-,24-22-,30-28-,34-33-,37-36-,41-40-,47-45-,53-51-. The van der Waals surface area contributed by atoms with Gasteiger partial charge in [0.15, 0.2) is 6.10 Å². The molecule has 0 aromatic carbocycles. The summed E-state index contributed by atoms with van der Waals surface area (Å²) in [5.41, 5.74) is 0. The number of allylic oxidation sites excluding steroid dienone is 18. The van der Waals surface area contributed by atoms with Gasteiger partial charge in [-0.25, -0.2) is 0 Å². The van der Waals surface area contributed by atoms with Crippen molar-refractivity contribution < 1.29 is 28.6 Å². The molecule has 0 aromatic heterocycles. The molecule has 0 bridgehead atoms. The average Bonchev–Trinajstić information content (AvgIpc) is 3.41. The van der Waals surface area contributed by atoms with E-state index in [1.165, 1.54) is 141 Å². The van der Waals surface area contributed by atoms with Gasteiger partial charge in [-0.15, -0.1) is 0 Å². The molecule has 0 saturated carbocycles. The molecule has 0 spiro atoms. The van der Waals surface area contributed by atoms with Crippen LogP contribution in [0.2, 0.25) is 0 Å². The zero-order chi connectivity index (χ0) is 54.3. The van der Waals surface area contributed by atoms with Crippen molar-refractivity contribution in [1.82, 2.24) is 0 Å². The molecule has 0 aliphatic rings. The van der Waals surface area contributed by atoms with E-state index in [1.807, 2.05) is 0 Å². The van der Waals surface area contributed by atoms with Gasteiger partial charge in [-0.3, -0.25) is 14.4 Å². The van der Waals surface area contributed by atoms with E-state index in [2.05, 4.69) is 130 Å². The third kappa shape index (κ3) is 60.8. The van der Waals surface area contributed by atoms with Crippen molar-refractivity contribution in [2.45, 2.75) is 297 Å². The van der Waals surface area contributed by atoms with Gasteiger partial charge in [0.1, 0.15) is 13.2 Å². The van der Waals surface area contributed by atoms with E-state index in [0.717, 1.165) is 103 Å². The Bertz CT molecular complexity index is 1520.